The average molecular weight is 272 g/mol. The van der Waals surface area contributed by atoms with Crippen molar-refractivity contribution in [1.82, 2.24) is 4.98 Å². The highest BCUT2D eigenvalue weighted by atomic mass is 35.5. The minimum absolute atomic E-state index is 0.636. The van der Waals surface area contributed by atoms with Crippen LogP contribution in [0.15, 0.2) is 24.3 Å². The van der Waals surface area contributed by atoms with Crippen LogP contribution in [0.2, 0.25) is 5.02 Å². The van der Waals surface area contributed by atoms with E-state index in [1.807, 2.05) is 24.3 Å². The van der Waals surface area contributed by atoms with Crippen molar-refractivity contribution in [3.63, 3.8) is 0 Å². The number of fused-ring (bicyclic) bond motifs is 1. The summed E-state index contributed by atoms with van der Waals surface area (Å²) in [4.78, 5) is 6.93. The lowest BCUT2D eigenvalue weighted by Gasteiger charge is -2.28. The Hall–Kier alpha value is -1.79. The lowest BCUT2D eigenvalue weighted by Crippen LogP contribution is -2.30. The van der Waals surface area contributed by atoms with Crippen LogP contribution in [0.3, 0.4) is 0 Å². The second-order valence-electron chi connectivity index (χ2n) is 4.85. The highest BCUT2D eigenvalue weighted by Gasteiger charge is 2.14. The van der Waals surface area contributed by atoms with E-state index in [0.717, 1.165) is 29.8 Å². The molecule has 0 N–H and O–H groups in total. The molecule has 3 rings (SSSR count). The van der Waals surface area contributed by atoms with Crippen LogP contribution >= 0.6 is 11.6 Å². The molecular weight excluding hydrogens is 258 g/mol. The summed E-state index contributed by atoms with van der Waals surface area (Å²) >= 11 is 5.99. The first-order valence-electron chi connectivity index (χ1n) is 6.53. The SMILES string of the molecule is N#Cc1cc(N2CCCCC2)nc2ccc(Cl)cc12. The molecule has 1 fully saturated rings. The van der Waals surface area contributed by atoms with Crippen LogP contribution in [0.5, 0.6) is 0 Å². The lowest BCUT2D eigenvalue weighted by atomic mass is 10.1. The van der Waals surface area contributed by atoms with Gasteiger partial charge in [0.1, 0.15) is 5.82 Å². The number of nitrogens with zero attached hydrogens (tertiary/aromatic N) is 3. The van der Waals surface area contributed by atoms with Crippen LogP contribution in [0, 0.1) is 11.3 Å². The monoisotopic (exact) mass is 271 g/mol. The number of rotatable bonds is 1. The molecule has 96 valence electrons. The Kier molecular flexibility index (Phi) is 3.27. The Bertz CT molecular complexity index is 654. The maximum absolute atomic E-state index is 9.31. The van der Waals surface area contributed by atoms with Crippen LogP contribution in [0.4, 0.5) is 5.82 Å². The molecular formula is C15H14ClN3. The van der Waals surface area contributed by atoms with E-state index in [0.29, 0.717) is 10.6 Å². The molecule has 19 heavy (non-hydrogen) atoms. The quantitative estimate of drug-likeness (QED) is 0.793. The zero-order chi connectivity index (χ0) is 13.2. The summed E-state index contributed by atoms with van der Waals surface area (Å²) in [5, 5.41) is 10.8. The Balaban J connectivity index is 2.12. The van der Waals surface area contributed by atoms with Gasteiger partial charge in [-0.05, 0) is 43.5 Å². The summed E-state index contributed by atoms with van der Waals surface area (Å²) in [5.41, 5.74) is 1.48. The van der Waals surface area contributed by atoms with Gasteiger partial charge in [0.25, 0.3) is 0 Å². The second-order valence-corrected chi connectivity index (χ2v) is 5.29. The maximum atomic E-state index is 9.31. The van der Waals surface area contributed by atoms with Gasteiger partial charge in [-0.1, -0.05) is 11.6 Å². The number of nitriles is 1. The van der Waals surface area contributed by atoms with E-state index in [2.05, 4.69) is 16.0 Å². The molecule has 2 aromatic rings. The third kappa shape index (κ3) is 2.36. The summed E-state index contributed by atoms with van der Waals surface area (Å²) in [6.45, 7) is 2.05. The molecule has 0 radical (unpaired) electrons. The molecule has 3 nitrogen and oxygen atoms in total. The highest BCUT2D eigenvalue weighted by molar-refractivity contribution is 6.31. The Morgan fingerprint density at radius 2 is 1.95 bits per heavy atom. The third-order valence-corrected chi connectivity index (χ3v) is 3.79. The number of aromatic nitrogens is 1. The summed E-state index contributed by atoms with van der Waals surface area (Å²) in [5.74, 6) is 0.908. The van der Waals surface area contributed by atoms with Crippen molar-refractivity contribution in [1.29, 1.82) is 5.26 Å². The molecule has 1 aliphatic rings. The van der Waals surface area contributed by atoms with Crippen LogP contribution in [0.1, 0.15) is 24.8 Å². The fourth-order valence-corrected chi connectivity index (χ4v) is 2.73. The van der Waals surface area contributed by atoms with Gasteiger partial charge >= 0.3 is 0 Å². The van der Waals surface area contributed by atoms with Crippen molar-refractivity contribution >= 4 is 28.3 Å². The number of hydrogen-bond donors (Lipinski definition) is 0. The molecule has 1 aromatic carbocycles. The normalized spacial score (nSPS) is 15.5. The van der Waals surface area contributed by atoms with Gasteiger partial charge in [0.2, 0.25) is 0 Å². The number of halogens is 1. The van der Waals surface area contributed by atoms with Gasteiger partial charge in [0, 0.05) is 23.5 Å². The van der Waals surface area contributed by atoms with Gasteiger partial charge in [-0.25, -0.2) is 4.98 Å². The van der Waals surface area contributed by atoms with E-state index in [1.54, 1.807) is 0 Å². The molecule has 0 unspecified atom stereocenters. The first kappa shape index (κ1) is 12.3. The van der Waals surface area contributed by atoms with Crippen LogP contribution in [0.25, 0.3) is 10.9 Å². The molecule has 0 saturated carbocycles. The molecule has 1 aromatic heterocycles. The van der Waals surface area contributed by atoms with Crippen molar-refractivity contribution < 1.29 is 0 Å². The molecule has 0 bridgehead atoms. The predicted octanol–water partition coefficient (Wildman–Crippen LogP) is 3.75. The number of hydrogen-bond acceptors (Lipinski definition) is 3. The molecule has 2 heterocycles. The molecule has 0 atom stereocenters. The number of piperidine rings is 1. The summed E-state index contributed by atoms with van der Waals surface area (Å²) in [6.07, 6.45) is 3.68. The molecule has 1 aliphatic heterocycles. The molecule has 0 aliphatic carbocycles. The predicted molar refractivity (Wildman–Crippen MR) is 77.5 cm³/mol. The van der Waals surface area contributed by atoms with Crippen molar-refractivity contribution in [2.75, 3.05) is 18.0 Å². The van der Waals surface area contributed by atoms with E-state index in [-0.39, 0.29) is 0 Å². The fourth-order valence-electron chi connectivity index (χ4n) is 2.56. The largest absolute Gasteiger partial charge is 0.357 e. The molecule has 0 spiro atoms. The first-order chi connectivity index (χ1) is 9.28. The zero-order valence-corrected chi connectivity index (χ0v) is 11.3. The number of pyridine rings is 1. The first-order valence-corrected chi connectivity index (χ1v) is 6.91. The van der Waals surface area contributed by atoms with E-state index in [4.69, 9.17) is 11.6 Å². The van der Waals surface area contributed by atoms with Crippen molar-refractivity contribution in [2.24, 2.45) is 0 Å². The lowest BCUT2D eigenvalue weighted by molar-refractivity contribution is 0.574. The van der Waals surface area contributed by atoms with E-state index in [1.165, 1.54) is 19.3 Å². The maximum Gasteiger partial charge on any atom is 0.130 e. The molecule has 0 amide bonds. The standard InChI is InChI=1S/C15H14ClN3/c16-12-4-5-14-13(9-12)11(10-17)8-15(18-14)19-6-2-1-3-7-19/h4-5,8-9H,1-3,6-7H2. The topological polar surface area (TPSA) is 39.9 Å². The number of anilines is 1. The minimum Gasteiger partial charge on any atom is -0.357 e. The van der Waals surface area contributed by atoms with Crippen LogP contribution in [-0.2, 0) is 0 Å². The van der Waals surface area contributed by atoms with E-state index in [9.17, 15) is 5.26 Å². The zero-order valence-electron chi connectivity index (χ0n) is 10.6. The van der Waals surface area contributed by atoms with Gasteiger partial charge in [-0.2, -0.15) is 5.26 Å². The molecule has 4 heteroatoms. The smallest absolute Gasteiger partial charge is 0.130 e. The van der Waals surface area contributed by atoms with Crippen LogP contribution < -0.4 is 4.90 Å². The fraction of sp³-hybridized carbons (Fsp3) is 0.333. The average Bonchev–Trinajstić information content (AvgIpc) is 2.47. The van der Waals surface area contributed by atoms with E-state index >= 15 is 0 Å². The summed E-state index contributed by atoms with van der Waals surface area (Å²) in [7, 11) is 0. The summed E-state index contributed by atoms with van der Waals surface area (Å²) < 4.78 is 0. The van der Waals surface area contributed by atoms with Crippen molar-refractivity contribution in [3.8, 4) is 6.07 Å². The molecule has 1 saturated heterocycles. The summed E-state index contributed by atoms with van der Waals surface area (Å²) in [6, 6.07) is 9.64. The van der Waals surface area contributed by atoms with Gasteiger partial charge in [-0.15, -0.1) is 0 Å². The van der Waals surface area contributed by atoms with Gasteiger partial charge in [0.15, 0.2) is 0 Å². The van der Waals surface area contributed by atoms with Gasteiger partial charge in [0.05, 0.1) is 17.1 Å². The van der Waals surface area contributed by atoms with Gasteiger partial charge in [-0.3, -0.25) is 0 Å². The van der Waals surface area contributed by atoms with Gasteiger partial charge < -0.3 is 4.90 Å². The van der Waals surface area contributed by atoms with Crippen molar-refractivity contribution in [3.05, 3.63) is 34.9 Å². The Labute approximate surface area is 117 Å². The van der Waals surface area contributed by atoms with Crippen LogP contribution in [-0.4, -0.2) is 18.1 Å². The van der Waals surface area contributed by atoms with E-state index < -0.39 is 0 Å². The second kappa shape index (κ2) is 5.07. The minimum atomic E-state index is 0.636. The third-order valence-electron chi connectivity index (χ3n) is 3.56. The number of benzene rings is 1. The Morgan fingerprint density at radius 3 is 2.68 bits per heavy atom. The van der Waals surface area contributed by atoms with Crippen molar-refractivity contribution in [2.45, 2.75) is 19.3 Å². The highest BCUT2D eigenvalue weighted by Crippen LogP contribution is 2.26. The Morgan fingerprint density at radius 1 is 1.16 bits per heavy atom.